The molecule has 1 heterocycles. The Bertz CT molecular complexity index is 880. The molecule has 6 nitrogen and oxygen atoms in total. The molecule has 25 heavy (non-hydrogen) atoms. The Morgan fingerprint density at radius 2 is 2.00 bits per heavy atom. The van der Waals surface area contributed by atoms with E-state index in [0.717, 1.165) is 5.56 Å². The standard InChI is InChI=1S/C18H20N2O4S/c1-14-6-4-7-15(12-14)24-17-9-3-2-8-16(17)19-18(21)13-20-10-5-11-25(20,22)23/h2-4,6-9,12H,5,10-11,13H2,1H3,(H,19,21). The van der Waals surface area contributed by atoms with Crippen molar-refractivity contribution in [1.82, 2.24) is 4.31 Å². The minimum absolute atomic E-state index is 0.105. The van der Waals surface area contributed by atoms with E-state index in [9.17, 15) is 13.2 Å². The first-order valence-corrected chi connectivity index (χ1v) is 9.66. The van der Waals surface area contributed by atoms with Crippen LogP contribution in [0.4, 0.5) is 5.69 Å². The van der Waals surface area contributed by atoms with Gasteiger partial charge in [-0.3, -0.25) is 4.79 Å². The van der Waals surface area contributed by atoms with Crippen LogP contribution in [0.5, 0.6) is 11.5 Å². The van der Waals surface area contributed by atoms with E-state index < -0.39 is 10.0 Å². The van der Waals surface area contributed by atoms with Crippen molar-refractivity contribution < 1.29 is 17.9 Å². The van der Waals surface area contributed by atoms with Gasteiger partial charge >= 0.3 is 0 Å². The highest BCUT2D eigenvalue weighted by Gasteiger charge is 2.29. The Hall–Kier alpha value is -2.38. The highest BCUT2D eigenvalue weighted by molar-refractivity contribution is 7.89. The van der Waals surface area contributed by atoms with Crippen LogP contribution in [0.1, 0.15) is 12.0 Å². The summed E-state index contributed by atoms with van der Waals surface area (Å²) < 4.78 is 30.7. The van der Waals surface area contributed by atoms with Gasteiger partial charge in [-0.05, 0) is 43.2 Å². The zero-order valence-electron chi connectivity index (χ0n) is 13.9. The number of para-hydroxylation sites is 2. The van der Waals surface area contributed by atoms with Gasteiger partial charge in [0.05, 0.1) is 18.0 Å². The Morgan fingerprint density at radius 3 is 2.72 bits per heavy atom. The molecule has 1 aliphatic rings. The van der Waals surface area contributed by atoms with Crippen molar-refractivity contribution in [2.75, 3.05) is 24.2 Å². The van der Waals surface area contributed by atoms with Crippen LogP contribution < -0.4 is 10.1 Å². The maximum Gasteiger partial charge on any atom is 0.239 e. The number of aryl methyl sites for hydroxylation is 1. The van der Waals surface area contributed by atoms with Gasteiger partial charge in [0.15, 0.2) is 5.75 Å². The fourth-order valence-corrected chi connectivity index (χ4v) is 4.16. The van der Waals surface area contributed by atoms with Crippen LogP contribution in [-0.2, 0) is 14.8 Å². The zero-order chi connectivity index (χ0) is 17.9. The lowest BCUT2D eigenvalue weighted by Crippen LogP contribution is -2.34. The smallest absolute Gasteiger partial charge is 0.239 e. The van der Waals surface area contributed by atoms with E-state index in [4.69, 9.17) is 4.74 Å². The SMILES string of the molecule is Cc1cccc(Oc2ccccc2NC(=O)CN2CCCS2(=O)=O)c1. The average Bonchev–Trinajstić information content (AvgIpc) is 2.88. The van der Waals surface area contributed by atoms with Crippen molar-refractivity contribution in [2.45, 2.75) is 13.3 Å². The van der Waals surface area contributed by atoms with Gasteiger partial charge in [-0.2, -0.15) is 4.31 Å². The van der Waals surface area contributed by atoms with Gasteiger partial charge < -0.3 is 10.1 Å². The molecule has 1 saturated heterocycles. The number of carbonyl (C=O) groups is 1. The molecule has 2 aromatic rings. The summed E-state index contributed by atoms with van der Waals surface area (Å²) in [5.41, 5.74) is 1.57. The van der Waals surface area contributed by atoms with Crippen molar-refractivity contribution in [3.05, 3.63) is 54.1 Å². The zero-order valence-corrected chi connectivity index (χ0v) is 14.8. The van der Waals surface area contributed by atoms with Crippen molar-refractivity contribution in [3.8, 4) is 11.5 Å². The number of sulfonamides is 1. The van der Waals surface area contributed by atoms with Crippen molar-refractivity contribution in [1.29, 1.82) is 0 Å². The predicted molar refractivity (Wildman–Crippen MR) is 96.3 cm³/mol. The van der Waals surface area contributed by atoms with E-state index in [1.165, 1.54) is 4.31 Å². The summed E-state index contributed by atoms with van der Waals surface area (Å²) in [7, 11) is -3.30. The third-order valence-electron chi connectivity index (χ3n) is 3.90. The third-order valence-corrected chi connectivity index (χ3v) is 5.80. The molecule has 7 heteroatoms. The van der Waals surface area contributed by atoms with E-state index in [1.807, 2.05) is 37.3 Å². The summed E-state index contributed by atoms with van der Waals surface area (Å²) >= 11 is 0. The van der Waals surface area contributed by atoms with E-state index in [-0.39, 0.29) is 18.2 Å². The van der Waals surface area contributed by atoms with Crippen LogP contribution in [0.15, 0.2) is 48.5 Å². The van der Waals surface area contributed by atoms with Gasteiger partial charge in [-0.15, -0.1) is 0 Å². The lowest BCUT2D eigenvalue weighted by atomic mass is 10.2. The molecule has 0 spiro atoms. The summed E-state index contributed by atoms with van der Waals surface area (Å²) in [4.78, 5) is 12.2. The van der Waals surface area contributed by atoms with Crippen LogP contribution in [0.2, 0.25) is 0 Å². The first-order valence-electron chi connectivity index (χ1n) is 8.05. The number of nitrogens with one attached hydrogen (secondary N) is 1. The van der Waals surface area contributed by atoms with Gasteiger partial charge in [0.2, 0.25) is 15.9 Å². The summed E-state index contributed by atoms with van der Waals surface area (Å²) in [5.74, 6) is 0.896. The van der Waals surface area contributed by atoms with E-state index in [0.29, 0.717) is 30.2 Å². The Kier molecular flexibility index (Phi) is 5.06. The predicted octanol–water partition coefficient (Wildman–Crippen LogP) is 2.76. The van der Waals surface area contributed by atoms with Gasteiger partial charge in [0.1, 0.15) is 5.75 Å². The first kappa shape index (κ1) is 17.4. The number of benzene rings is 2. The Balaban J connectivity index is 1.71. The lowest BCUT2D eigenvalue weighted by molar-refractivity contribution is -0.116. The molecule has 2 aromatic carbocycles. The molecular weight excluding hydrogens is 340 g/mol. The van der Waals surface area contributed by atoms with Crippen LogP contribution in [-0.4, -0.2) is 37.5 Å². The quantitative estimate of drug-likeness (QED) is 0.890. The highest BCUT2D eigenvalue weighted by atomic mass is 32.2. The molecule has 0 unspecified atom stereocenters. The second kappa shape index (κ2) is 7.25. The molecule has 132 valence electrons. The van der Waals surface area contributed by atoms with E-state index in [1.54, 1.807) is 18.2 Å². The van der Waals surface area contributed by atoms with E-state index in [2.05, 4.69) is 5.32 Å². The fourth-order valence-electron chi connectivity index (χ4n) is 2.68. The van der Waals surface area contributed by atoms with Gasteiger partial charge in [-0.25, -0.2) is 8.42 Å². The van der Waals surface area contributed by atoms with Gasteiger partial charge in [0, 0.05) is 6.54 Å². The maximum absolute atomic E-state index is 12.2. The summed E-state index contributed by atoms with van der Waals surface area (Å²) in [6.45, 7) is 2.18. The lowest BCUT2D eigenvalue weighted by Gasteiger charge is -2.16. The second-order valence-corrected chi connectivity index (χ2v) is 8.05. The molecule has 0 bridgehead atoms. The number of ether oxygens (including phenoxy) is 1. The molecule has 0 atom stereocenters. The number of rotatable bonds is 5. The highest BCUT2D eigenvalue weighted by Crippen LogP contribution is 2.29. The molecular formula is C18H20N2O4S. The van der Waals surface area contributed by atoms with Gasteiger partial charge in [0.25, 0.3) is 0 Å². The minimum Gasteiger partial charge on any atom is -0.455 e. The monoisotopic (exact) mass is 360 g/mol. The van der Waals surface area contributed by atoms with Crippen LogP contribution in [0, 0.1) is 6.92 Å². The second-order valence-electron chi connectivity index (χ2n) is 5.97. The normalized spacial score (nSPS) is 16.5. The molecule has 1 amide bonds. The van der Waals surface area contributed by atoms with Crippen molar-refractivity contribution in [2.24, 2.45) is 0 Å². The number of carbonyl (C=O) groups excluding carboxylic acids is 1. The summed E-state index contributed by atoms with van der Waals surface area (Å²) in [5, 5.41) is 2.74. The topological polar surface area (TPSA) is 75.7 Å². The van der Waals surface area contributed by atoms with Crippen molar-refractivity contribution in [3.63, 3.8) is 0 Å². The van der Waals surface area contributed by atoms with Crippen LogP contribution >= 0.6 is 0 Å². The minimum atomic E-state index is -3.30. The molecule has 1 aliphatic heterocycles. The number of hydrogen-bond acceptors (Lipinski definition) is 4. The summed E-state index contributed by atoms with van der Waals surface area (Å²) in [6.07, 6.45) is 0.558. The number of hydrogen-bond donors (Lipinski definition) is 1. The van der Waals surface area contributed by atoms with Crippen molar-refractivity contribution >= 4 is 21.6 Å². The molecule has 0 saturated carbocycles. The Labute approximate surface area is 147 Å². The van der Waals surface area contributed by atoms with Crippen LogP contribution in [0.25, 0.3) is 0 Å². The largest absolute Gasteiger partial charge is 0.455 e. The van der Waals surface area contributed by atoms with E-state index >= 15 is 0 Å². The third kappa shape index (κ3) is 4.37. The number of nitrogens with zero attached hydrogens (tertiary/aromatic N) is 1. The molecule has 3 rings (SSSR count). The molecule has 0 aliphatic carbocycles. The molecule has 0 radical (unpaired) electrons. The molecule has 1 fully saturated rings. The molecule has 0 aromatic heterocycles. The molecule has 1 N–H and O–H groups in total. The fraction of sp³-hybridized carbons (Fsp3) is 0.278. The first-order chi connectivity index (χ1) is 11.9. The maximum atomic E-state index is 12.2. The number of amides is 1. The van der Waals surface area contributed by atoms with Crippen LogP contribution in [0.3, 0.4) is 0 Å². The number of anilines is 1. The average molecular weight is 360 g/mol. The van der Waals surface area contributed by atoms with Gasteiger partial charge in [-0.1, -0.05) is 24.3 Å². The Morgan fingerprint density at radius 1 is 1.20 bits per heavy atom. The summed E-state index contributed by atoms with van der Waals surface area (Å²) in [6, 6.07) is 14.7.